The van der Waals surface area contributed by atoms with E-state index in [-0.39, 0.29) is 18.6 Å². The molecule has 1 unspecified atom stereocenters. The monoisotopic (exact) mass is 271 g/mol. The van der Waals surface area contributed by atoms with Gasteiger partial charge in [0.1, 0.15) is 16.8 Å². The lowest BCUT2D eigenvalue weighted by atomic mass is 10.1. The number of nitrogens with one attached hydrogen (secondary N) is 1. The van der Waals surface area contributed by atoms with Gasteiger partial charge in [0.05, 0.1) is 0 Å². The van der Waals surface area contributed by atoms with Crippen LogP contribution in [0.3, 0.4) is 0 Å². The van der Waals surface area contributed by atoms with E-state index >= 15 is 0 Å². The number of aromatic nitrogens is 2. The maximum atomic E-state index is 8.82. The van der Waals surface area contributed by atoms with Crippen LogP contribution in [-0.2, 0) is 0 Å². The molecule has 2 N–H and O–H groups in total. The number of anilines is 1. The minimum Gasteiger partial charge on any atom is -0.396 e. The largest absolute Gasteiger partial charge is 0.396 e. The average molecular weight is 272 g/mol. The summed E-state index contributed by atoms with van der Waals surface area (Å²) in [4.78, 5) is 8.79. The standard InChI is InChI=1S/C13H22ClN3O/c1-8(2)12-16-11(14)10(4)13(17-12)15-9(3)6-5-7-18/h8-9,18H,5-7H2,1-4H3,(H,15,16,17). The van der Waals surface area contributed by atoms with Gasteiger partial charge < -0.3 is 10.4 Å². The summed E-state index contributed by atoms with van der Waals surface area (Å²) < 4.78 is 0. The summed E-state index contributed by atoms with van der Waals surface area (Å²) in [6.07, 6.45) is 1.68. The normalized spacial score (nSPS) is 12.8. The molecule has 0 aromatic carbocycles. The summed E-state index contributed by atoms with van der Waals surface area (Å²) in [5, 5.41) is 12.7. The molecule has 0 amide bonds. The maximum absolute atomic E-state index is 8.82. The lowest BCUT2D eigenvalue weighted by Crippen LogP contribution is -2.18. The molecule has 0 aliphatic rings. The zero-order valence-electron chi connectivity index (χ0n) is 11.5. The highest BCUT2D eigenvalue weighted by Gasteiger charge is 2.13. The third kappa shape index (κ3) is 4.10. The Morgan fingerprint density at radius 2 is 1.94 bits per heavy atom. The first-order chi connectivity index (χ1) is 8.45. The van der Waals surface area contributed by atoms with Crippen molar-refractivity contribution in [2.45, 2.75) is 52.5 Å². The number of hydrogen-bond donors (Lipinski definition) is 2. The molecular formula is C13H22ClN3O. The summed E-state index contributed by atoms with van der Waals surface area (Å²) in [5.41, 5.74) is 0.872. The van der Waals surface area contributed by atoms with Crippen molar-refractivity contribution in [2.75, 3.05) is 11.9 Å². The Kier molecular flexibility index (Phi) is 5.82. The second-order valence-corrected chi connectivity index (χ2v) is 5.27. The molecule has 0 bridgehead atoms. The van der Waals surface area contributed by atoms with Crippen LogP contribution in [0.25, 0.3) is 0 Å². The first kappa shape index (κ1) is 15.2. The van der Waals surface area contributed by atoms with E-state index in [9.17, 15) is 0 Å². The minimum absolute atomic E-state index is 0.215. The molecule has 0 spiro atoms. The predicted octanol–water partition coefficient (Wildman–Crippen LogP) is 3.13. The van der Waals surface area contributed by atoms with E-state index in [0.29, 0.717) is 5.15 Å². The molecule has 4 nitrogen and oxygen atoms in total. The van der Waals surface area contributed by atoms with E-state index in [0.717, 1.165) is 30.0 Å². The van der Waals surface area contributed by atoms with Gasteiger partial charge in [0.2, 0.25) is 0 Å². The van der Waals surface area contributed by atoms with Gasteiger partial charge in [-0.25, -0.2) is 9.97 Å². The smallest absolute Gasteiger partial charge is 0.137 e. The number of hydrogen-bond acceptors (Lipinski definition) is 4. The van der Waals surface area contributed by atoms with Crippen molar-refractivity contribution in [1.29, 1.82) is 0 Å². The summed E-state index contributed by atoms with van der Waals surface area (Å²) in [6.45, 7) is 8.28. The molecule has 0 fully saturated rings. The van der Waals surface area contributed by atoms with Crippen LogP contribution in [0.2, 0.25) is 5.15 Å². The summed E-state index contributed by atoms with van der Waals surface area (Å²) >= 11 is 6.12. The molecule has 0 radical (unpaired) electrons. The van der Waals surface area contributed by atoms with E-state index in [4.69, 9.17) is 16.7 Å². The van der Waals surface area contributed by atoms with Crippen LogP contribution >= 0.6 is 11.6 Å². The van der Waals surface area contributed by atoms with Gasteiger partial charge in [-0.2, -0.15) is 0 Å². The molecule has 1 heterocycles. The fraction of sp³-hybridized carbons (Fsp3) is 0.692. The maximum Gasteiger partial charge on any atom is 0.137 e. The number of aliphatic hydroxyl groups is 1. The van der Waals surface area contributed by atoms with E-state index in [1.54, 1.807) is 0 Å². The first-order valence-corrected chi connectivity index (χ1v) is 6.75. The topological polar surface area (TPSA) is 58.0 Å². The predicted molar refractivity (Wildman–Crippen MR) is 75.3 cm³/mol. The lowest BCUT2D eigenvalue weighted by Gasteiger charge is -2.17. The van der Waals surface area contributed by atoms with Crippen LogP contribution in [0.4, 0.5) is 5.82 Å². The SMILES string of the molecule is Cc1c(Cl)nc(C(C)C)nc1NC(C)CCCO. The summed E-state index contributed by atoms with van der Waals surface area (Å²) in [5.74, 6) is 1.79. The zero-order valence-corrected chi connectivity index (χ0v) is 12.3. The van der Waals surface area contributed by atoms with Gasteiger partial charge in [0.25, 0.3) is 0 Å². The van der Waals surface area contributed by atoms with Gasteiger partial charge in [-0.1, -0.05) is 25.4 Å². The molecule has 0 saturated heterocycles. The van der Waals surface area contributed by atoms with Crippen molar-refractivity contribution >= 4 is 17.4 Å². The number of rotatable bonds is 6. The molecular weight excluding hydrogens is 250 g/mol. The average Bonchev–Trinajstić information content (AvgIpc) is 2.31. The van der Waals surface area contributed by atoms with Crippen LogP contribution in [0.5, 0.6) is 0 Å². The Morgan fingerprint density at radius 1 is 1.28 bits per heavy atom. The van der Waals surface area contributed by atoms with Crippen molar-refractivity contribution in [1.82, 2.24) is 9.97 Å². The molecule has 0 aliphatic carbocycles. The van der Waals surface area contributed by atoms with Crippen molar-refractivity contribution in [2.24, 2.45) is 0 Å². The Labute approximate surface area is 114 Å². The van der Waals surface area contributed by atoms with Crippen LogP contribution in [0.1, 0.15) is 50.9 Å². The second-order valence-electron chi connectivity index (χ2n) is 4.91. The minimum atomic E-state index is 0.215. The first-order valence-electron chi connectivity index (χ1n) is 6.37. The van der Waals surface area contributed by atoms with Gasteiger partial charge in [0, 0.05) is 24.1 Å². The Balaban J connectivity index is 2.86. The van der Waals surface area contributed by atoms with Crippen LogP contribution in [0, 0.1) is 6.92 Å². The Hall–Kier alpha value is -0.870. The van der Waals surface area contributed by atoms with Gasteiger partial charge >= 0.3 is 0 Å². The van der Waals surface area contributed by atoms with Crippen LogP contribution in [0.15, 0.2) is 0 Å². The summed E-state index contributed by atoms with van der Waals surface area (Å²) in [7, 11) is 0. The number of aliphatic hydroxyl groups excluding tert-OH is 1. The van der Waals surface area contributed by atoms with E-state index in [2.05, 4.69) is 22.2 Å². The lowest BCUT2D eigenvalue weighted by molar-refractivity contribution is 0.282. The third-order valence-electron chi connectivity index (χ3n) is 2.80. The molecule has 18 heavy (non-hydrogen) atoms. The van der Waals surface area contributed by atoms with Crippen LogP contribution < -0.4 is 5.32 Å². The molecule has 1 aromatic rings. The molecule has 0 saturated carbocycles. The highest BCUT2D eigenvalue weighted by Crippen LogP contribution is 2.23. The number of halogens is 1. The zero-order chi connectivity index (χ0) is 13.7. The van der Waals surface area contributed by atoms with Gasteiger partial charge in [0.15, 0.2) is 0 Å². The molecule has 0 aliphatic heterocycles. The Bertz CT molecular complexity index is 396. The van der Waals surface area contributed by atoms with E-state index in [1.165, 1.54) is 0 Å². The van der Waals surface area contributed by atoms with E-state index < -0.39 is 0 Å². The fourth-order valence-electron chi connectivity index (χ4n) is 1.61. The highest BCUT2D eigenvalue weighted by atomic mass is 35.5. The molecule has 5 heteroatoms. The number of nitrogens with zero attached hydrogens (tertiary/aromatic N) is 2. The molecule has 1 rings (SSSR count). The van der Waals surface area contributed by atoms with Crippen LogP contribution in [-0.4, -0.2) is 27.7 Å². The van der Waals surface area contributed by atoms with Gasteiger partial charge in [-0.05, 0) is 26.7 Å². The van der Waals surface area contributed by atoms with Crippen molar-refractivity contribution in [3.05, 3.63) is 16.5 Å². The second kappa shape index (κ2) is 6.90. The fourth-order valence-corrected chi connectivity index (χ4v) is 1.78. The van der Waals surface area contributed by atoms with Crippen molar-refractivity contribution < 1.29 is 5.11 Å². The molecule has 1 atom stereocenters. The quantitative estimate of drug-likeness (QED) is 0.781. The van der Waals surface area contributed by atoms with Gasteiger partial charge in [-0.3, -0.25) is 0 Å². The van der Waals surface area contributed by atoms with Crippen molar-refractivity contribution in [3.63, 3.8) is 0 Å². The Morgan fingerprint density at radius 3 is 2.50 bits per heavy atom. The highest BCUT2D eigenvalue weighted by molar-refractivity contribution is 6.30. The molecule has 102 valence electrons. The van der Waals surface area contributed by atoms with E-state index in [1.807, 2.05) is 20.8 Å². The summed E-state index contributed by atoms with van der Waals surface area (Å²) in [6, 6.07) is 0.252. The van der Waals surface area contributed by atoms with Crippen molar-refractivity contribution in [3.8, 4) is 0 Å². The van der Waals surface area contributed by atoms with Gasteiger partial charge in [-0.15, -0.1) is 0 Å². The third-order valence-corrected chi connectivity index (χ3v) is 3.17. The molecule has 1 aromatic heterocycles.